The van der Waals surface area contributed by atoms with E-state index in [1.807, 2.05) is 13.0 Å². The smallest absolute Gasteiger partial charge is 0.131 e. The molecule has 2 rings (SSSR count). The molecule has 0 aliphatic carbocycles. The summed E-state index contributed by atoms with van der Waals surface area (Å²) >= 11 is 5.95. The van der Waals surface area contributed by atoms with Crippen molar-refractivity contribution in [1.29, 1.82) is 0 Å². The molecular weight excluding hydrogens is 291 g/mol. The summed E-state index contributed by atoms with van der Waals surface area (Å²) in [6.45, 7) is 1.78. The van der Waals surface area contributed by atoms with E-state index < -0.39 is 0 Å². The highest BCUT2D eigenvalue weighted by atomic mass is 35.5. The second-order valence-corrected chi connectivity index (χ2v) is 4.83. The van der Waals surface area contributed by atoms with E-state index in [0.717, 1.165) is 11.1 Å². The average molecular weight is 305 g/mol. The highest BCUT2D eigenvalue weighted by molar-refractivity contribution is 6.31. The van der Waals surface area contributed by atoms with E-state index in [4.69, 9.17) is 21.4 Å². The summed E-state index contributed by atoms with van der Waals surface area (Å²) in [6, 6.07) is 9.90. The predicted octanol–water partition coefficient (Wildman–Crippen LogP) is 3.71. The van der Waals surface area contributed by atoms with Gasteiger partial charge in [-0.2, -0.15) is 0 Å². The number of rotatable bonds is 3. The maximum atomic E-state index is 13.6. The molecule has 0 aliphatic heterocycles. The van der Waals surface area contributed by atoms with Gasteiger partial charge in [0, 0.05) is 11.1 Å². The molecule has 0 unspecified atom stereocenters. The number of aliphatic hydroxyl groups excluding tert-OH is 1. The van der Waals surface area contributed by atoms with Gasteiger partial charge in [-0.1, -0.05) is 29.5 Å². The minimum Gasteiger partial charge on any atom is -0.489 e. The molecule has 0 atom stereocenters. The molecule has 0 heterocycles. The van der Waals surface area contributed by atoms with Crippen LogP contribution in [0.4, 0.5) is 4.39 Å². The normalized spacial score (nSPS) is 9.90. The number of hydrogen-bond acceptors (Lipinski definition) is 2. The zero-order chi connectivity index (χ0) is 15.2. The Labute approximate surface area is 128 Å². The largest absolute Gasteiger partial charge is 0.489 e. The zero-order valence-electron chi connectivity index (χ0n) is 11.5. The summed E-state index contributed by atoms with van der Waals surface area (Å²) < 4.78 is 19.2. The molecule has 0 aromatic heterocycles. The van der Waals surface area contributed by atoms with Crippen molar-refractivity contribution in [2.75, 3.05) is 6.61 Å². The average Bonchev–Trinajstić information content (AvgIpc) is 2.46. The summed E-state index contributed by atoms with van der Waals surface area (Å²) in [5.74, 6) is 5.67. The van der Waals surface area contributed by atoms with Crippen molar-refractivity contribution in [2.45, 2.75) is 13.5 Å². The first-order chi connectivity index (χ1) is 10.1. The number of aliphatic hydroxyl groups is 1. The topological polar surface area (TPSA) is 29.5 Å². The number of benzene rings is 2. The molecule has 1 N–H and O–H groups in total. The van der Waals surface area contributed by atoms with Gasteiger partial charge in [-0.15, -0.1) is 0 Å². The Kier molecular flexibility index (Phi) is 5.21. The molecule has 0 aliphatic rings. The van der Waals surface area contributed by atoms with Crippen LogP contribution in [0.3, 0.4) is 0 Å². The number of ether oxygens (including phenoxy) is 1. The summed E-state index contributed by atoms with van der Waals surface area (Å²) in [5, 5.41) is 9.03. The van der Waals surface area contributed by atoms with Crippen LogP contribution in [0.25, 0.3) is 0 Å². The summed E-state index contributed by atoms with van der Waals surface area (Å²) in [7, 11) is 0. The summed E-state index contributed by atoms with van der Waals surface area (Å²) in [4.78, 5) is 0. The first-order valence-corrected chi connectivity index (χ1v) is 6.75. The number of halogens is 2. The lowest BCUT2D eigenvalue weighted by Crippen LogP contribution is -2.00. The first-order valence-electron chi connectivity index (χ1n) is 6.38. The monoisotopic (exact) mass is 304 g/mol. The Balaban J connectivity index is 2.12. The summed E-state index contributed by atoms with van der Waals surface area (Å²) in [5.41, 5.74) is 2.08. The summed E-state index contributed by atoms with van der Waals surface area (Å²) in [6.07, 6.45) is 0. The van der Waals surface area contributed by atoms with Crippen LogP contribution in [-0.2, 0) is 6.61 Å². The van der Waals surface area contributed by atoms with Crippen LogP contribution in [-0.4, -0.2) is 11.7 Å². The second-order valence-electron chi connectivity index (χ2n) is 4.43. The van der Waals surface area contributed by atoms with Crippen molar-refractivity contribution in [2.24, 2.45) is 0 Å². The van der Waals surface area contributed by atoms with Crippen molar-refractivity contribution in [3.8, 4) is 17.6 Å². The Morgan fingerprint density at radius 3 is 2.76 bits per heavy atom. The van der Waals surface area contributed by atoms with Gasteiger partial charge >= 0.3 is 0 Å². The fourth-order valence-corrected chi connectivity index (χ4v) is 2.04. The fourth-order valence-electron chi connectivity index (χ4n) is 1.83. The maximum Gasteiger partial charge on any atom is 0.131 e. The lowest BCUT2D eigenvalue weighted by molar-refractivity contribution is 0.300. The van der Waals surface area contributed by atoms with Crippen molar-refractivity contribution in [1.82, 2.24) is 0 Å². The van der Waals surface area contributed by atoms with Crippen molar-refractivity contribution < 1.29 is 14.2 Å². The van der Waals surface area contributed by atoms with Crippen LogP contribution in [0.5, 0.6) is 5.75 Å². The molecule has 21 heavy (non-hydrogen) atoms. The number of aryl methyl sites for hydroxylation is 1. The van der Waals surface area contributed by atoms with Crippen molar-refractivity contribution in [3.05, 3.63) is 63.9 Å². The van der Waals surface area contributed by atoms with Crippen molar-refractivity contribution in [3.63, 3.8) is 0 Å². The van der Waals surface area contributed by atoms with E-state index in [9.17, 15) is 4.39 Å². The highest BCUT2D eigenvalue weighted by Gasteiger charge is 2.08. The van der Waals surface area contributed by atoms with E-state index in [-0.39, 0.29) is 19.0 Å². The van der Waals surface area contributed by atoms with Crippen LogP contribution < -0.4 is 4.74 Å². The molecule has 2 aromatic carbocycles. The minimum absolute atomic E-state index is 0.0621. The molecule has 4 heteroatoms. The Bertz CT molecular complexity index is 681. The third-order valence-electron chi connectivity index (χ3n) is 2.94. The van der Waals surface area contributed by atoms with Crippen LogP contribution in [0.2, 0.25) is 5.02 Å². The van der Waals surface area contributed by atoms with Crippen LogP contribution >= 0.6 is 11.6 Å². The lowest BCUT2D eigenvalue weighted by atomic mass is 10.1. The molecular formula is C17H14ClFO2. The molecule has 0 bridgehead atoms. The van der Waals surface area contributed by atoms with Gasteiger partial charge in [0.2, 0.25) is 0 Å². The minimum atomic E-state index is -0.385. The van der Waals surface area contributed by atoms with E-state index in [1.165, 1.54) is 6.07 Å². The molecule has 0 fully saturated rings. The first kappa shape index (κ1) is 15.4. The quantitative estimate of drug-likeness (QED) is 0.876. The molecule has 0 radical (unpaired) electrons. The standard InChI is InChI=1S/C17H14ClFO2/c1-12-10-14(8-7-13(12)4-3-9-20)21-11-15-16(18)5-2-6-17(15)19/h2,5-8,10,20H,9,11H2,1H3. The van der Waals surface area contributed by atoms with Crippen molar-refractivity contribution >= 4 is 11.6 Å². The van der Waals surface area contributed by atoms with E-state index in [0.29, 0.717) is 16.3 Å². The van der Waals surface area contributed by atoms with Crippen LogP contribution in [0, 0.1) is 24.6 Å². The van der Waals surface area contributed by atoms with Gasteiger partial charge in [0.15, 0.2) is 0 Å². The van der Waals surface area contributed by atoms with E-state index in [2.05, 4.69) is 11.8 Å². The Morgan fingerprint density at radius 2 is 2.10 bits per heavy atom. The predicted molar refractivity (Wildman–Crippen MR) is 80.9 cm³/mol. The Hall–Kier alpha value is -2.02. The maximum absolute atomic E-state index is 13.6. The van der Waals surface area contributed by atoms with Gasteiger partial charge in [-0.05, 0) is 42.8 Å². The van der Waals surface area contributed by atoms with Crippen LogP contribution in [0.15, 0.2) is 36.4 Å². The van der Waals surface area contributed by atoms with E-state index >= 15 is 0 Å². The van der Waals surface area contributed by atoms with Gasteiger partial charge in [-0.25, -0.2) is 4.39 Å². The molecule has 0 amide bonds. The van der Waals surface area contributed by atoms with E-state index in [1.54, 1.807) is 24.3 Å². The molecule has 2 nitrogen and oxygen atoms in total. The highest BCUT2D eigenvalue weighted by Crippen LogP contribution is 2.22. The van der Waals surface area contributed by atoms with Gasteiger partial charge < -0.3 is 9.84 Å². The lowest BCUT2D eigenvalue weighted by Gasteiger charge is -2.10. The van der Waals surface area contributed by atoms with Gasteiger partial charge in [-0.3, -0.25) is 0 Å². The molecule has 0 saturated carbocycles. The van der Waals surface area contributed by atoms with Gasteiger partial charge in [0.05, 0.1) is 5.02 Å². The third-order valence-corrected chi connectivity index (χ3v) is 3.30. The van der Waals surface area contributed by atoms with Gasteiger partial charge in [0.25, 0.3) is 0 Å². The molecule has 108 valence electrons. The third kappa shape index (κ3) is 3.98. The fraction of sp³-hybridized carbons (Fsp3) is 0.176. The Morgan fingerprint density at radius 1 is 1.29 bits per heavy atom. The van der Waals surface area contributed by atoms with Crippen LogP contribution in [0.1, 0.15) is 16.7 Å². The molecule has 2 aromatic rings. The van der Waals surface area contributed by atoms with Gasteiger partial charge in [0.1, 0.15) is 24.8 Å². The zero-order valence-corrected chi connectivity index (χ0v) is 12.2. The molecule has 0 saturated heterocycles. The number of hydrogen-bond donors (Lipinski definition) is 1. The molecule has 0 spiro atoms. The second kappa shape index (κ2) is 7.12. The SMILES string of the molecule is Cc1cc(OCc2c(F)cccc2Cl)ccc1C#CCO.